The summed E-state index contributed by atoms with van der Waals surface area (Å²) in [5, 5.41) is 11.4. The van der Waals surface area contributed by atoms with Gasteiger partial charge in [-0.15, -0.1) is 0 Å². The van der Waals surface area contributed by atoms with Gasteiger partial charge >= 0.3 is 5.97 Å². The summed E-state index contributed by atoms with van der Waals surface area (Å²) in [4.78, 5) is 21.9. The van der Waals surface area contributed by atoms with Crippen LogP contribution >= 0.6 is 0 Å². The largest absolute Gasteiger partial charge is 0.481 e. The van der Waals surface area contributed by atoms with Crippen molar-refractivity contribution in [3.63, 3.8) is 0 Å². The SMILES string of the molecule is CC(=O)N[C@H](CC(=O)O)c1ccc2c(c1)OCO2. The van der Waals surface area contributed by atoms with E-state index < -0.39 is 12.0 Å². The average Bonchev–Trinajstić information content (AvgIpc) is 2.73. The molecule has 0 fully saturated rings. The van der Waals surface area contributed by atoms with Crippen LogP contribution in [0.25, 0.3) is 0 Å². The fourth-order valence-corrected chi connectivity index (χ4v) is 1.80. The van der Waals surface area contributed by atoms with Crippen LogP contribution in [0.3, 0.4) is 0 Å². The van der Waals surface area contributed by atoms with Gasteiger partial charge in [-0.05, 0) is 17.7 Å². The van der Waals surface area contributed by atoms with Gasteiger partial charge in [0.25, 0.3) is 0 Å². The lowest BCUT2D eigenvalue weighted by Crippen LogP contribution is -2.27. The number of fused-ring (bicyclic) bond motifs is 1. The number of carbonyl (C=O) groups excluding carboxylic acids is 1. The number of amides is 1. The highest BCUT2D eigenvalue weighted by molar-refractivity contribution is 5.75. The molecule has 0 spiro atoms. The van der Waals surface area contributed by atoms with Gasteiger partial charge in [-0.25, -0.2) is 0 Å². The predicted molar refractivity (Wildman–Crippen MR) is 61.4 cm³/mol. The molecule has 0 saturated carbocycles. The van der Waals surface area contributed by atoms with Crippen LogP contribution < -0.4 is 14.8 Å². The zero-order valence-electron chi connectivity index (χ0n) is 9.80. The van der Waals surface area contributed by atoms with Crippen LogP contribution in [0.1, 0.15) is 24.9 Å². The van der Waals surface area contributed by atoms with Gasteiger partial charge in [0.15, 0.2) is 11.5 Å². The molecule has 1 aliphatic rings. The minimum Gasteiger partial charge on any atom is -0.481 e. The zero-order chi connectivity index (χ0) is 13.1. The summed E-state index contributed by atoms with van der Waals surface area (Å²) in [6.07, 6.45) is -0.181. The number of nitrogens with one attached hydrogen (secondary N) is 1. The van der Waals surface area contributed by atoms with Gasteiger partial charge in [0.2, 0.25) is 12.7 Å². The second-order valence-corrected chi connectivity index (χ2v) is 3.96. The smallest absolute Gasteiger partial charge is 0.305 e. The first-order chi connectivity index (χ1) is 8.56. The van der Waals surface area contributed by atoms with Gasteiger partial charge in [0.1, 0.15) is 0 Å². The van der Waals surface area contributed by atoms with E-state index in [9.17, 15) is 9.59 Å². The number of carboxylic acid groups (broad SMARTS) is 1. The van der Waals surface area contributed by atoms with E-state index >= 15 is 0 Å². The Kier molecular flexibility index (Phi) is 3.36. The van der Waals surface area contributed by atoms with Crippen molar-refractivity contribution in [1.29, 1.82) is 0 Å². The topological polar surface area (TPSA) is 84.9 Å². The van der Waals surface area contributed by atoms with E-state index in [4.69, 9.17) is 14.6 Å². The monoisotopic (exact) mass is 251 g/mol. The minimum atomic E-state index is -0.980. The van der Waals surface area contributed by atoms with Crippen LogP contribution in [0, 0.1) is 0 Å². The molecule has 0 bridgehead atoms. The van der Waals surface area contributed by atoms with Gasteiger partial charge in [0, 0.05) is 6.92 Å². The van der Waals surface area contributed by atoms with Crippen LogP contribution in [0.5, 0.6) is 11.5 Å². The molecule has 2 rings (SSSR count). The summed E-state index contributed by atoms with van der Waals surface area (Å²) in [5.41, 5.74) is 0.678. The molecule has 96 valence electrons. The third-order valence-corrected chi connectivity index (χ3v) is 2.56. The zero-order valence-corrected chi connectivity index (χ0v) is 9.80. The Hall–Kier alpha value is -2.24. The minimum absolute atomic E-state index is 0.155. The lowest BCUT2D eigenvalue weighted by Gasteiger charge is -2.16. The van der Waals surface area contributed by atoms with Crippen molar-refractivity contribution in [3.8, 4) is 11.5 Å². The van der Waals surface area contributed by atoms with Gasteiger partial charge in [-0.1, -0.05) is 6.07 Å². The Morgan fingerprint density at radius 2 is 2.11 bits per heavy atom. The number of benzene rings is 1. The maximum Gasteiger partial charge on any atom is 0.305 e. The van der Waals surface area contributed by atoms with E-state index in [1.165, 1.54) is 6.92 Å². The maximum atomic E-state index is 11.1. The molecule has 1 aliphatic heterocycles. The van der Waals surface area contributed by atoms with E-state index in [0.29, 0.717) is 17.1 Å². The van der Waals surface area contributed by atoms with E-state index in [1.807, 2.05) is 0 Å². The second kappa shape index (κ2) is 4.95. The third-order valence-electron chi connectivity index (χ3n) is 2.56. The van der Waals surface area contributed by atoms with Crippen LogP contribution in [0.15, 0.2) is 18.2 Å². The molecular formula is C12H13NO5. The Bertz CT molecular complexity index is 469. The Morgan fingerprint density at radius 1 is 1.39 bits per heavy atom. The molecule has 1 aromatic rings. The van der Waals surface area contributed by atoms with E-state index in [2.05, 4.69) is 5.32 Å². The van der Waals surface area contributed by atoms with Crippen molar-refractivity contribution in [3.05, 3.63) is 23.8 Å². The molecule has 0 aromatic heterocycles. The first-order valence-electron chi connectivity index (χ1n) is 5.44. The number of hydrogen-bond donors (Lipinski definition) is 2. The van der Waals surface area contributed by atoms with Crippen LogP contribution in [0.2, 0.25) is 0 Å². The number of carbonyl (C=O) groups is 2. The highest BCUT2D eigenvalue weighted by Crippen LogP contribution is 2.34. The van der Waals surface area contributed by atoms with E-state index in [-0.39, 0.29) is 19.1 Å². The molecule has 1 atom stereocenters. The van der Waals surface area contributed by atoms with Crippen LogP contribution in [0.4, 0.5) is 0 Å². The molecular weight excluding hydrogens is 238 g/mol. The van der Waals surface area contributed by atoms with E-state index in [0.717, 1.165) is 0 Å². The fraction of sp³-hybridized carbons (Fsp3) is 0.333. The summed E-state index contributed by atoms with van der Waals surface area (Å²) in [6.45, 7) is 1.50. The Morgan fingerprint density at radius 3 is 2.78 bits per heavy atom. The quantitative estimate of drug-likeness (QED) is 0.836. The van der Waals surface area contributed by atoms with Crippen molar-refractivity contribution in [2.45, 2.75) is 19.4 Å². The molecule has 0 aliphatic carbocycles. The van der Waals surface area contributed by atoms with Gasteiger partial charge in [0.05, 0.1) is 12.5 Å². The molecule has 2 N–H and O–H groups in total. The first kappa shape index (κ1) is 12.2. The maximum absolute atomic E-state index is 11.1. The summed E-state index contributed by atoms with van der Waals surface area (Å²) >= 11 is 0. The van der Waals surface area contributed by atoms with Gasteiger partial charge < -0.3 is 19.9 Å². The molecule has 0 unspecified atom stereocenters. The normalized spacial score (nSPS) is 14.1. The van der Waals surface area contributed by atoms with E-state index in [1.54, 1.807) is 18.2 Å². The predicted octanol–water partition coefficient (Wildman–Crippen LogP) is 1.07. The number of aliphatic carboxylic acids is 1. The molecule has 6 heteroatoms. The molecule has 1 aromatic carbocycles. The van der Waals surface area contributed by atoms with Crippen molar-refractivity contribution in [2.24, 2.45) is 0 Å². The molecule has 18 heavy (non-hydrogen) atoms. The van der Waals surface area contributed by atoms with Gasteiger partial charge in [-0.3, -0.25) is 9.59 Å². The lowest BCUT2D eigenvalue weighted by molar-refractivity contribution is -0.137. The fourth-order valence-electron chi connectivity index (χ4n) is 1.80. The standard InChI is InChI=1S/C12H13NO5/c1-7(14)13-9(5-12(15)16)8-2-3-10-11(4-8)18-6-17-10/h2-4,9H,5-6H2,1H3,(H,13,14)(H,15,16)/t9-/m1/s1. The molecule has 1 heterocycles. The van der Waals surface area contributed by atoms with Crippen LogP contribution in [-0.4, -0.2) is 23.8 Å². The highest BCUT2D eigenvalue weighted by atomic mass is 16.7. The van der Waals surface area contributed by atoms with Crippen molar-refractivity contribution >= 4 is 11.9 Å². The summed E-state index contributed by atoms with van der Waals surface area (Å²) in [5.74, 6) is -0.0748. The Labute approximate surface area is 104 Å². The number of carboxylic acids is 1. The molecule has 0 radical (unpaired) electrons. The van der Waals surface area contributed by atoms with Crippen molar-refractivity contribution in [1.82, 2.24) is 5.32 Å². The summed E-state index contributed by atoms with van der Waals surface area (Å²) in [7, 11) is 0. The molecule has 6 nitrogen and oxygen atoms in total. The van der Waals surface area contributed by atoms with Gasteiger partial charge in [-0.2, -0.15) is 0 Å². The molecule has 0 saturated heterocycles. The van der Waals surface area contributed by atoms with Crippen molar-refractivity contribution < 1.29 is 24.2 Å². The summed E-state index contributed by atoms with van der Waals surface area (Å²) in [6, 6.07) is 4.53. The first-order valence-corrected chi connectivity index (χ1v) is 5.44. The number of rotatable bonds is 4. The number of ether oxygens (including phenoxy) is 2. The highest BCUT2D eigenvalue weighted by Gasteiger charge is 2.20. The summed E-state index contributed by atoms with van der Waals surface area (Å²) < 4.78 is 10.4. The second-order valence-electron chi connectivity index (χ2n) is 3.96. The molecule has 1 amide bonds. The number of hydrogen-bond acceptors (Lipinski definition) is 4. The lowest BCUT2D eigenvalue weighted by atomic mass is 10.0. The van der Waals surface area contributed by atoms with Crippen LogP contribution in [-0.2, 0) is 9.59 Å². The van der Waals surface area contributed by atoms with Crippen molar-refractivity contribution in [2.75, 3.05) is 6.79 Å². The Balaban J connectivity index is 2.24. The third kappa shape index (κ3) is 2.71. The average molecular weight is 251 g/mol.